The summed E-state index contributed by atoms with van der Waals surface area (Å²) >= 11 is 0. The van der Waals surface area contributed by atoms with Crippen molar-refractivity contribution in [3.63, 3.8) is 0 Å². The Morgan fingerprint density at radius 2 is 1.13 bits per heavy atom. The third kappa shape index (κ3) is 7.31. The Bertz CT molecular complexity index is 563. The van der Waals surface area contributed by atoms with E-state index in [4.69, 9.17) is 15.2 Å². The summed E-state index contributed by atoms with van der Waals surface area (Å²) in [5.41, 5.74) is 1.62. The smallest absolute Gasteiger partial charge is 0.257 e. The molecule has 0 fully saturated rings. The Hall–Kier alpha value is -1.84. The maximum absolute atomic E-state index is 8.42. The summed E-state index contributed by atoms with van der Waals surface area (Å²) in [6.45, 7) is 0.812. The first-order valence-electron chi connectivity index (χ1n) is 6.22. The van der Waals surface area contributed by atoms with Gasteiger partial charge in [0.1, 0.15) is 0 Å². The molecule has 0 amide bonds. The van der Waals surface area contributed by atoms with Gasteiger partial charge >= 0.3 is 0 Å². The van der Waals surface area contributed by atoms with Crippen LogP contribution >= 0.6 is 0 Å². The molecule has 0 radical (unpaired) electrons. The van der Waals surface area contributed by atoms with Gasteiger partial charge in [-0.3, -0.25) is 4.74 Å². The van der Waals surface area contributed by atoms with Gasteiger partial charge in [-0.1, -0.05) is 10.3 Å². The standard InChI is InChI=1S/C14H14N4O3.2BrH/c19-15-9-13-1-5-17(6-2-13)11-21-12-18-7-3-14(4-8-18)10-16-20;;/h1-10H,11-12H2;2*1H. The molecule has 124 valence electrons. The monoisotopic (exact) mass is 446 g/mol. The highest BCUT2D eigenvalue weighted by molar-refractivity contribution is 5.78. The van der Waals surface area contributed by atoms with Gasteiger partial charge in [-0.15, -0.1) is 0 Å². The first kappa shape index (κ1) is 21.2. The molecule has 0 saturated heterocycles. The van der Waals surface area contributed by atoms with Crippen molar-refractivity contribution < 1.29 is 58.2 Å². The van der Waals surface area contributed by atoms with Crippen LogP contribution in [0.5, 0.6) is 0 Å². The molecule has 23 heavy (non-hydrogen) atoms. The van der Waals surface area contributed by atoms with Crippen LogP contribution < -0.4 is 43.1 Å². The lowest BCUT2D eigenvalue weighted by Gasteiger charge is -1.98. The van der Waals surface area contributed by atoms with E-state index < -0.39 is 0 Å². The molecular weight excluding hydrogens is 432 g/mol. The Kier molecular flexibility index (Phi) is 10.8. The molecule has 0 spiro atoms. The number of oxime groups is 2. The molecule has 2 aromatic heterocycles. The molecule has 0 bridgehead atoms. The second kappa shape index (κ2) is 11.7. The lowest BCUT2D eigenvalue weighted by Crippen LogP contribution is -3.00. The number of aromatic nitrogens is 2. The molecule has 0 atom stereocenters. The van der Waals surface area contributed by atoms with Gasteiger partial charge in [-0.25, -0.2) is 0 Å². The van der Waals surface area contributed by atoms with Crippen molar-refractivity contribution in [2.24, 2.45) is 10.3 Å². The summed E-state index contributed by atoms with van der Waals surface area (Å²) < 4.78 is 9.29. The van der Waals surface area contributed by atoms with Gasteiger partial charge < -0.3 is 44.4 Å². The van der Waals surface area contributed by atoms with E-state index in [1.165, 1.54) is 12.4 Å². The minimum Gasteiger partial charge on any atom is -1.00 e. The van der Waals surface area contributed by atoms with Crippen molar-refractivity contribution in [1.29, 1.82) is 0 Å². The van der Waals surface area contributed by atoms with Crippen LogP contribution in [0.25, 0.3) is 0 Å². The lowest BCUT2D eigenvalue weighted by atomic mass is 10.3. The predicted molar refractivity (Wildman–Crippen MR) is 73.1 cm³/mol. The second-order valence-electron chi connectivity index (χ2n) is 4.24. The van der Waals surface area contributed by atoms with Gasteiger partial charge in [0.05, 0.1) is 12.4 Å². The highest BCUT2D eigenvalue weighted by atomic mass is 79.9. The van der Waals surface area contributed by atoms with E-state index in [1.54, 1.807) is 0 Å². The molecule has 0 saturated carbocycles. The van der Waals surface area contributed by atoms with Crippen molar-refractivity contribution in [3.05, 3.63) is 60.2 Å². The zero-order valence-electron chi connectivity index (χ0n) is 12.0. The Morgan fingerprint density at radius 3 is 1.43 bits per heavy atom. The van der Waals surface area contributed by atoms with Gasteiger partial charge in [0.15, 0.2) is 24.8 Å². The van der Waals surface area contributed by atoms with Crippen molar-refractivity contribution in [3.8, 4) is 0 Å². The van der Waals surface area contributed by atoms with Crippen LogP contribution in [0.3, 0.4) is 0 Å². The minimum atomic E-state index is 0. The van der Waals surface area contributed by atoms with Crippen LogP contribution in [0.15, 0.2) is 59.4 Å². The van der Waals surface area contributed by atoms with Crippen LogP contribution in [-0.2, 0) is 18.2 Å². The maximum atomic E-state index is 8.42. The summed E-state index contributed by atoms with van der Waals surface area (Å²) in [6, 6.07) is 7.27. The first-order chi connectivity index (χ1) is 10.3. The average Bonchev–Trinajstić information content (AvgIpc) is 2.51. The minimum absolute atomic E-state index is 0. The number of halogens is 2. The topological polar surface area (TPSA) is 82.2 Å². The summed E-state index contributed by atoms with van der Waals surface area (Å²) in [7, 11) is 0. The molecule has 0 aliphatic rings. The van der Waals surface area contributed by atoms with Gasteiger partial charge in [0, 0.05) is 35.4 Å². The van der Waals surface area contributed by atoms with E-state index in [9.17, 15) is 0 Å². The average molecular weight is 448 g/mol. The van der Waals surface area contributed by atoms with Crippen LogP contribution in [0, 0.1) is 0 Å². The van der Waals surface area contributed by atoms with Crippen LogP contribution in [0.1, 0.15) is 11.1 Å². The highest BCUT2D eigenvalue weighted by Gasteiger charge is 2.04. The summed E-state index contributed by atoms with van der Waals surface area (Å²) in [5.74, 6) is 0. The van der Waals surface area contributed by atoms with Crippen molar-refractivity contribution in [1.82, 2.24) is 0 Å². The number of ether oxygens (including phenoxy) is 1. The van der Waals surface area contributed by atoms with Gasteiger partial charge in [0.25, 0.3) is 13.5 Å². The van der Waals surface area contributed by atoms with Crippen LogP contribution in [0.4, 0.5) is 0 Å². The van der Waals surface area contributed by atoms with Gasteiger partial charge in [-0.2, -0.15) is 9.13 Å². The van der Waals surface area contributed by atoms with E-state index in [0.717, 1.165) is 11.1 Å². The quantitative estimate of drug-likeness (QED) is 0.201. The largest absolute Gasteiger partial charge is 1.00 e. The Labute approximate surface area is 154 Å². The fraction of sp³-hybridized carbons (Fsp3) is 0.143. The fourth-order valence-corrected chi connectivity index (χ4v) is 1.67. The molecule has 0 unspecified atom stereocenters. The number of nitrogens with zero attached hydrogens (tertiary/aromatic N) is 4. The van der Waals surface area contributed by atoms with Crippen LogP contribution in [-0.4, -0.2) is 22.8 Å². The van der Waals surface area contributed by atoms with Crippen molar-refractivity contribution >= 4 is 12.4 Å². The molecule has 2 rings (SSSR count). The third-order valence-electron chi connectivity index (χ3n) is 2.73. The molecule has 2 heterocycles. The molecule has 0 aliphatic carbocycles. The molecular formula is C14H16Br2N4O3. The molecule has 9 heteroatoms. The lowest BCUT2D eigenvalue weighted by molar-refractivity contribution is -0.788. The van der Waals surface area contributed by atoms with E-state index in [2.05, 4.69) is 10.3 Å². The molecule has 0 aromatic carbocycles. The van der Waals surface area contributed by atoms with E-state index >= 15 is 0 Å². The SMILES string of the molecule is O/N=C\c1cc[n+](COC[n+]2ccc(/C=N\O)cc2)cc1.[Br-].[Br-]. The molecule has 2 aromatic rings. The van der Waals surface area contributed by atoms with Crippen molar-refractivity contribution in [2.45, 2.75) is 13.5 Å². The number of rotatable bonds is 6. The number of pyridine rings is 2. The van der Waals surface area contributed by atoms with E-state index in [1.807, 2.05) is 58.2 Å². The Morgan fingerprint density at radius 1 is 0.783 bits per heavy atom. The zero-order chi connectivity index (χ0) is 14.9. The second-order valence-corrected chi connectivity index (χ2v) is 4.24. The normalized spacial score (nSPS) is 10.4. The fourth-order valence-electron chi connectivity index (χ4n) is 1.67. The van der Waals surface area contributed by atoms with Crippen molar-refractivity contribution in [2.75, 3.05) is 0 Å². The van der Waals surface area contributed by atoms with Crippen LogP contribution in [0.2, 0.25) is 0 Å². The Balaban J connectivity index is 0.00000242. The highest BCUT2D eigenvalue weighted by Crippen LogP contribution is 1.91. The molecule has 0 aliphatic heterocycles. The van der Waals surface area contributed by atoms with Gasteiger partial charge in [0.2, 0.25) is 0 Å². The summed E-state index contributed by atoms with van der Waals surface area (Å²) in [6.07, 6.45) is 10.1. The zero-order valence-corrected chi connectivity index (χ0v) is 15.2. The number of hydrogen-bond donors (Lipinski definition) is 2. The van der Waals surface area contributed by atoms with E-state index in [0.29, 0.717) is 13.5 Å². The molecule has 2 N–H and O–H groups in total. The predicted octanol–water partition coefficient (Wildman–Crippen LogP) is -5.48. The summed E-state index contributed by atoms with van der Waals surface area (Å²) in [5, 5.41) is 22.8. The summed E-state index contributed by atoms with van der Waals surface area (Å²) in [4.78, 5) is 0. The maximum Gasteiger partial charge on any atom is 0.257 e. The van der Waals surface area contributed by atoms with E-state index in [-0.39, 0.29) is 34.0 Å². The number of hydrogen-bond acceptors (Lipinski definition) is 5. The van der Waals surface area contributed by atoms with Gasteiger partial charge in [-0.05, 0) is 0 Å². The first-order valence-corrected chi connectivity index (χ1v) is 6.22. The third-order valence-corrected chi connectivity index (χ3v) is 2.73. The molecule has 7 nitrogen and oxygen atoms in total.